The van der Waals surface area contributed by atoms with Crippen molar-refractivity contribution in [2.75, 3.05) is 62.2 Å². The van der Waals surface area contributed by atoms with Crippen LogP contribution in [0.15, 0.2) is 104 Å². The lowest BCUT2D eigenvalue weighted by molar-refractivity contribution is -0.111. The standard InChI is InChI=1S/C39H42N10O3/c1-7-36(50)43-31-19-32(35(52-6)20-34(31)47(4)18-17-46(2)3)44-39-40-22-29(37(45-39)30-25-48(5)33-16-12-11-15-28(30)33)38(51)42-27-21-41-49(24-27)23-26-13-9-8-10-14-26/h7-16,19-22,24-25H,1,17-18,23H2,2-6H3,(H,42,51)(H,43,50)(H,40,44,45). The summed E-state index contributed by atoms with van der Waals surface area (Å²) in [6.45, 7) is 5.68. The highest BCUT2D eigenvalue weighted by atomic mass is 16.5. The van der Waals surface area contributed by atoms with Gasteiger partial charge in [0, 0.05) is 68.3 Å². The summed E-state index contributed by atoms with van der Waals surface area (Å²) in [5.41, 5.74) is 5.92. The molecule has 13 heteroatoms. The van der Waals surface area contributed by atoms with Gasteiger partial charge in [-0.2, -0.15) is 5.10 Å². The fourth-order valence-electron chi connectivity index (χ4n) is 5.85. The molecular formula is C39H42N10O3. The van der Waals surface area contributed by atoms with Crippen molar-refractivity contribution in [3.63, 3.8) is 0 Å². The van der Waals surface area contributed by atoms with Gasteiger partial charge in [0.2, 0.25) is 11.9 Å². The molecule has 52 heavy (non-hydrogen) atoms. The first-order valence-electron chi connectivity index (χ1n) is 16.7. The number of carbonyl (C=O) groups is 2. The second-order valence-electron chi connectivity index (χ2n) is 12.6. The number of methoxy groups -OCH3 is 1. The first-order chi connectivity index (χ1) is 25.1. The molecule has 0 unspecified atom stereocenters. The van der Waals surface area contributed by atoms with Gasteiger partial charge in [0.25, 0.3) is 5.91 Å². The number of likely N-dealkylation sites (N-methyl/N-ethyl adjacent to an activating group) is 2. The molecule has 0 bridgehead atoms. The number of fused-ring (bicyclic) bond motifs is 1. The lowest BCUT2D eigenvalue weighted by Gasteiger charge is -2.26. The van der Waals surface area contributed by atoms with Gasteiger partial charge in [0.05, 0.1) is 53.9 Å². The van der Waals surface area contributed by atoms with Crippen molar-refractivity contribution in [2.24, 2.45) is 7.05 Å². The van der Waals surface area contributed by atoms with Crippen LogP contribution < -0.4 is 25.6 Å². The number of aryl methyl sites for hydroxylation is 1. The summed E-state index contributed by atoms with van der Waals surface area (Å²) in [6, 6.07) is 21.5. The first kappa shape index (κ1) is 35.4. The summed E-state index contributed by atoms with van der Waals surface area (Å²) in [5, 5.41) is 14.5. The number of anilines is 5. The van der Waals surface area contributed by atoms with E-state index in [1.807, 2.05) is 105 Å². The third-order valence-corrected chi connectivity index (χ3v) is 8.57. The van der Waals surface area contributed by atoms with Gasteiger partial charge in [-0.3, -0.25) is 14.3 Å². The molecule has 6 rings (SSSR count). The second-order valence-corrected chi connectivity index (χ2v) is 12.6. The minimum atomic E-state index is -0.383. The zero-order valence-corrected chi connectivity index (χ0v) is 29.9. The van der Waals surface area contributed by atoms with Gasteiger partial charge in [0.1, 0.15) is 5.75 Å². The van der Waals surface area contributed by atoms with Crippen LogP contribution >= 0.6 is 0 Å². The Bertz CT molecular complexity index is 2220. The number of aromatic nitrogens is 5. The van der Waals surface area contributed by atoms with Crippen LogP contribution in [0, 0.1) is 0 Å². The minimum absolute atomic E-state index is 0.225. The van der Waals surface area contributed by atoms with Crippen LogP contribution in [0.4, 0.5) is 28.7 Å². The number of hydrogen-bond donors (Lipinski definition) is 3. The molecule has 13 nitrogen and oxygen atoms in total. The highest BCUT2D eigenvalue weighted by molar-refractivity contribution is 6.10. The van der Waals surface area contributed by atoms with Crippen LogP contribution in [-0.2, 0) is 18.4 Å². The molecule has 0 aliphatic heterocycles. The number of carbonyl (C=O) groups excluding carboxylic acids is 2. The summed E-state index contributed by atoms with van der Waals surface area (Å²) >= 11 is 0. The van der Waals surface area contributed by atoms with Gasteiger partial charge in [-0.15, -0.1) is 0 Å². The highest BCUT2D eigenvalue weighted by Gasteiger charge is 2.22. The molecule has 6 aromatic rings. The Morgan fingerprint density at radius 2 is 1.71 bits per heavy atom. The Balaban J connectivity index is 1.37. The van der Waals surface area contributed by atoms with Crippen molar-refractivity contribution in [1.29, 1.82) is 0 Å². The molecule has 3 aromatic carbocycles. The number of hydrogen-bond acceptors (Lipinski definition) is 9. The number of rotatable bonds is 14. The van der Waals surface area contributed by atoms with E-state index < -0.39 is 0 Å². The van der Waals surface area contributed by atoms with Crippen molar-refractivity contribution in [3.8, 4) is 17.0 Å². The van der Waals surface area contributed by atoms with E-state index in [0.29, 0.717) is 41.6 Å². The first-order valence-corrected chi connectivity index (χ1v) is 16.7. The van der Waals surface area contributed by atoms with E-state index in [2.05, 4.69) is 37.5 Å². The molecule has 3 N–H and O–H groups in total. The van der Waals surface area contributed by atoms with E-state index in [1.54, 1.807) is 30.3 Å². The van der Waals surface area contributed by atoms with E-state index in [0.717, 1.165) is 34.3 Å². The summed E-state index contributed by atoms with van der Waals surface area (Å²) < 4.78 is 9.57. The van der Waals surface area contributed by atoms with Crippen molar-refractivity contribution >= 4 is 51.4 Å². The number of amides is 2. The molecule has 0 spiro atoms. The third kappa shape index (κ3) is 7.95. The number of para-hydroxylation sites is 1. The predicted octanol–water partition coefficient (Wildman–Crippen LogP) is 6.01. The minimum Gasteiger partial charge on any atom is -0.494 e. The maximum absolute atomic E-state index is 13.9. The van der Waals surface area contributed by atoms with Crippen LogP contribution in [0.1, 0.15) is 15.9 Å². The molecule has 0 saturated carbocycles. The molecule has 3 heterocycles. The Hall–Kier alpha value is -6.47. The van der Waals surface area contributed by atoms with Crippen LogP contribution in [0.3, 0.4) is 0 Å². The summed E-state index contributed by atoms with van der Waals surface area (Å²) in [6.07, 6.45) is 8.08. The number of nitrogens with one attached hydrogen (secondary N) is 3. The smallest absolute Gasteiger partial charge is 0.259 e. The van der Waals surface area contributed by atoms with E-state index >= 15 is 0 Å². The van der Waals surface area contributed by atoms with Crippen LogP contribution in [0.2, 0.25) is 0 Å². The van der Waals surface area contributed by atoms with Gasteiger partial charge in [-0.05, 0) is 37.9 Å². The zero-order chi connectivity index (χ0) is 36.8. The van der Waals surface area contributed by atoms with Crippen LogP contribution in [0.25, 0.3) is 22.2 Å². The van der Waals surface area contributed by atoms with Gasteiger partial charge in [-0.1, -0.05) is 55.1 Å². The fraction of sp³-hybridized carbons (Fsp3) is 0.205. The van der Waals surface area contributed by atoms with E-state index in [9.17, 15) is 9.59 Å². The van der Waals surface area contributed by atoms with E-state index in [1.165, 1.54) is 12.3 Å². The van der Waals surface area contributed by atoms with Crippen LogP contribution in [0.5, 0.6) is 5.75 Å². The Morgan fingerprint density at radius 1 is 0.942 bits per heavy atom. The topological polar surface area (TPSA) is 134 Å². The largest absolute Gasteiger partial charge is 0.494 e. The average Bonchev–Trinajstić information content (AvgIpc) is 3.73. The zero-order valence-electron chi connectivity index (χ0n) is 29.9. The van der Waals surface area contributed by atoms with Crippen LogP contribution in [-0.4, -0.2) is 82.4 Å². The predicted molar refractivity (Wildman–Crippen MR) is 207 cm³/mol. The SMILES string of the molecule is C=CC(=O)Nc1cc(Nc2ncc(C(=O)Nc3cnn(Cc4ccccc4)c3)c(-c3cn(C)c4ccccc34)n2)c(OC)cc1N(C)CCN(C)C. The second kappa shape index (κ2) is 15.6. The number of nitrogens with zero attached hydrogens (tertiary/aromatic N) is 7. The van der Waals surface area contributed by atoms with Crippen molar-refractivity contribution in [2.45, 2.75) is 6.54 Å². The van der Waals surface area contributed by atoms with E-state index in [4.69, 9.17) is 9.72 Å². The molecule has 2 amide bonds. The lowest BCUT2D eigenvalue weighted by Crippen LogP contribution is -2.29. The molecule has 0 fully saturated rings. The molecule has 0 saturated heterocycles. The third-order valence-electron chi connectivity index (χ3n) is 8.57. The van der Waals surface area contributed by atoms with Crippen molar-refractivity contribution < 1.29 is 14.3 Å². The maximum Gasteiger partial charge on any atom is 0.259 e. The summed E-state index contributed by atoms with van der Waals surface area (Å²) in [7, 11) is 9.49. The Labute approximate surface area is 302 Å². The summed E-state index contributed by atoms with van der Waals surface area (Å²) in [5.74, 6) is -0.00386. The lowest BCUT2D eigenvalue weighted by atomic mass is 10.1. The van der Waals surface area contributed by atoms with Crippen molar-refractivity contribution in [3.05, 3.63) is 115 Å². The summed E-state index contributed by atoms with van der Waals surface area (Å²) in [4.78, 5) is 40.0. The molecular weight excluding hydrogens is 656 g/mol. The van der Waals surface area contributed by atoms with Gasteiger partial charge in [0.15, 0.2) is 0 Å². The Kier molecular flexibility index (Phi) is 10.6. The molecule has 0 radical (unpaired) electrons. The van der Waals surface area contributed by atoms with E-state index in [-0.39, 0.29) is 23.3 Å². The highest BCUT2D eigenvalue weighted by Crippen LogP contribution is 2.39. The molecule has 0 aliphatic carbocycles. The number of ether oxygens (including phenoxy) is 1. The Morgan fingerprint density at radius 3 is 2.46 bits per heavy atom. The van der Waals surface area contributed by atoms with Gasteiger partial charge < -0.3 is 35.1 Å². The fourth-order valence-corrected chi connectivity index (χ4v) is 5.85. The van der Waals surface area contributed by atoms with Gasteiger partial charge in [-0.25, -0.2) is 9.97 Å². The average molecular weight is 699 g/mol. The van der Waals surface area contributed by atoms with Crippen molar-refractivity contribution in [1.82, 2.24) is 29.2 Å². The normalized spacial score (nSPS) is 11.0. The molecule has 3 aromatic heterocycles. The monoisotopic (exact) mass is 698 g/mol. The molecule has 0 aliphatic rings. The van der Waals surface area contributed by atoms with Gasteiger partial charge >= 0.3 is 0 Å². The number of benzene rings is 3. The quantitative estimate of drug-likeness (QED) is 0.117. The maximum atomic E-state index is 13.9. The molecule has 266 valence electrons. The molecule has 0 atom stereocenters.